The van der Waals surface area contributed by atoms with Crippen molar-refractivity contribution in [2.24, 2.45) is 5.92 Å². The highest BCUT2D eigenvalue weighted by Crippen LogP contribution is 2.30. The van der Waals surface area contributed by atoms with Crippen molar-refractivity contribution >= 4 is 24.6 Å². The summed E-state index contributed by atoms with van der Waals surface area (Å²) >= 11 is 0. The van der Waals surface area contributed by atoms with Gasteiger partial charge in [-0.1, -0.05) is 30.1 Å². The molecule has 0 N–H and O–H groups in total. The molecule has 2 fully saturated rings. The Balaban J connectivity index is 0.00000256. The summed E-state index contributed by atoms with van der Waals surface area (Å²) in [6.45, 7) is 2.30. The summed E-state index contributed by atoms with van der Waals surface area (Å²) in [4.78, 5) is 7.03. The van der Waals surface area contributed by atoms with E-state index >= 15 is 0 Å². The molecule has 0 atom stereocenters. The van der Waals surface area contributed by atoms with E-state index in [1.54, 1.807) is 18.2 Å². The van der Waals surface area contributed by atoms with Gasteiger partial charge in [-0.25, -0.2) is 0 Å². The number of hydrogen-bond donors (Lipinski definition) is 0. The summed E-state index contributed by atoms with van der Waals surface area (Å²) in [5, 5.41) is 4.04. The van der Waals surface area contributed by atoms with Crippen LogP contribution in [0, 0.1) is 5.92 Å². The number of halogens is 4. The SMILES string of the molecule is Cl.FC(F)(F)c1cccc(/C=C/c2nc(CC3CCN(C4CCCC4)CC3)no2)c1. The summed E-state index contributed by atoms with van der Waals surface area (Å²) in [5.41, 5.74) is -0.228. The summed E-state index contributed by atoms with van der Waals surface area (Å²) in [6, 6.07) is 5.95. The lowest BCUT2D eigenvalue weighted by Crippen LogP contribution is -2.40. The van der Waals surface area contributed by atoms with Gasteiger partial charge in [0.1, 0.15) is 0 Å². The van der Waals surface area contributed by atoms with Crippen LogP contribution in [0.15, 0.2) is 28.8 Å². The van der Waals surface area contributed by atoms with Crippen molar-refractivity contribution in [3.8, 4) is 0 Å². The Morgan fingerprint density at radius 2 is 1.80 bits per heavy atom. The molecule has 1 aromatic heterocycles. The number of nitrogens with zero attached hydrogens (tertiary/aromatic N) is 3. The minimum atomic E-state index is -4.35. The minimum Gasteiger partial charge on any atom is -0.335 e. The van der Waals surface area contributed by atoms with Crippen molar-refractivity contribution < 1.29 is 17.7 Å². The number of aromatic nitrogens is 2. The van der Waals surface area contributed by atoms with E-state index < -0.39 is 11.7 Å². The normalized spacial score (nSPS) is 19.4. The maximum Gasteiger partial charge on any atom is 0.416 e. The maximum absolute atomic E-state index is 12.8. The van der Waals surface area contributed by atoms with Crippen LogP contribution in [0.1, 0.15) is 61.4 Å². The van der Waals surface area contributed by atoms with Crippen molar-refractivity contribution in [2.75, 3.05) is 13.1 Å². The van der Waals surface area contributed by atoms with Crippen LogP contribution in [-0.2, 0) is 12.6 Å². The lowest BCUT2D eigenvalue weighted by Gasteiger charge is -2.35. The van der Waals surface area contributed by atoms with Crippen LogP contribution in [-0.4, -0.2) is 34.2 Å². The highest BCUT2D eigenvalue weighted by Gasteiger charge is 2.30. The van der Waals surface area contributed by atoms with Crippen LogP contribution in [0.4, 0.5) is 13.2 Å². The zero-order chi connectivity index (χ0) is 20.3. The molecule has 2 aromatic rings. The van der Waals surface area contributed by atoms with E-state index in [0.717, 1.165) is 50.5 Å². The molecule has 0 amide bonds. The van der Waals surface area contributed by atoms with E-state index in [1.807, 2.05) is 0 Å². The van der Waals surface area contributed by atoms with Gasteiger partial charge in [0.2, 0.25) is 0 Å². The molecule has 1 aliphatic carbocycles. The highest BCUT2D eigenvalue weighted by molar-refractivity contribution is 5.85. The third kappa shape index (κ3) is 5.85. The molecule has 0 spiro atoms. The van der Waals surface area contributed by atoms with Gasteiger partial charge in [0.15, 0.2) is 5.82 Å². The Morgan fingerprint density at radius 3 is 2.50 bits per heavy atom. The molecule has 164 valence electrons. The van der Waals surface area contributed by atoms with Crippen molar-refractivity contribution in [3.05, 3.63) is 47.1 Å². The third-order valence-corrected chi connectivity index (χ3v) is 6.08. The smallest absolute Gasteiger partial charge is 0.335 e. The van der Waals surface area contributed by atoms with Gasteiger partial charge in [0.05, 0.1) is 5.56 Å². The first-order chi connectivity index (χ1) is 14.0. The van der Waals surface area contributed by atoms with Crippen molar-refractivity contribution in [1.29, 1.82) is 0 Å². The van der Waals surface area contributed by atoms with E-state index in [2.05, 4.69) is 15.0 Å². The van der Waals surface area contributed by atoms with Crippen LogP contribution in [0.5, 0.6) is 0 Å². The van der Waals surface area contributed by atoms with E-state index in [0.29, 0.717) is 23.2 Å². The van der Waals surface area contributed by atoms with E-state index in [1.165, 1.54) is 31.7 Å². The molecule has 1 saturated heterocycles. The molecule has 4 rings (SSSR count). The lowest BCUT2D eigenvalue weighted by atomic mass is 9.92. The molecule has 0 bridgehead atoms. The second-order valence-electron chi connectivity index (χ2n) is 8.13. The number of alkyl halides is 3. The molecule has 30 heavy (non-hydrogen) atoms. The molecular formula is C22H27ClF3N3O. The Labute approximate surface area is 180 Å². The molecule has 4 nitrogen and oxygen atoms in total. The van der Waals surface area contributed by atoms with Gasteiger partial charge < -0.3 is 9.42 Å². The molecule has 1 saturated carbocycles. The van der Waals surface area contributed by atoms with Crippen molar-refractivity contribution in [3.63, 3.8) is 0 Å². The Hall–Kier alpha value is -1.86. The maximum atomic E-state index is 12.8. The number of benzene rings is 1. The zero-order valence-electron chi connectivity index (χ0n) is 16.8. The van der Waals surface area contributed by atoms with Crippen LogP contribution in [0.2, 0.25) is 0 Å². The number of hydrogen-bond acceptors (Lipinski definition) is 4. The first kappa shape index (κ1) is 22.8. The fourth-order valence-electron chi connectivity index (χ4n) is 4.45. The van der Waals surface area contributed by atoms with Crippen molar-refractivity contribution in [1.82, 2.24) is 15.0 Å². The number of rotatable bonds is 5. The third-order valence-electron chi connectivity index (χ3n) is 6.08. The first-order valence-electron chi connectivity index (χ1n) is 10.4. The quantitative estimate of drug-likeness (QED) is 0.581. The van der Waals surface area contributed by atoms with E-state index in [-0.39, 0.29) is 12.4 Å². The van der Waals surface area contributed by atoms with Gasteiger partial charge >= 0.3 is 6.18 Å². The average Bonchev–Trinajstić information content (AvgIpc) is 3.39. The summed E-state index contributed by atoms with van der Waals surface area (Å²) < 4.78 is 43.7. The number of piperidine rings is 1. The fraction of sp³-hybridized carbons (Fsp3) is 0.545. The predicted octanol–water partition coefficient (Wildman–Crippen LogP) is 5.88. The van der Waals surface area contributed by atoms with Crippen LogP contribution in [0.3, 0.4) is 0 Å². The minimum absolute atomic E-state index is 0. The Morgan fingerprint density at radius 1 is 1.07 bits per heavy atom. The second kappa shape index (κ2) is 9.96. The molecule has 1 aliphatic heterocycles. The van der Waals surface area contributed by atoms with Gasteiger partial charge in [0, 0.05) is 18.5 Å². The summed E-state index contributed by atoms with van der Waals surface area (Å²) in [5.74, 6) is 1.55. The summed E-state index contributed by atoms with van der Waals surface area (Å²) in [7, 11) is 0. The molecule has 0 radical (unpaired) electrons. The van der Waals surface area contributed by atoms with Gasteiger partial charge in [-0.15, -0.1) is 12.4 Å². The van der Waals surface area contributed by atoms with E-state index in [9.17, 15) is 13.2 Å². The summed E-state index contributed by atoms with van der Waals surface area (Å²) in [6.07, 6.45) is 7.29. The molecule has 2 aliphatic rings. The standard InChI is InChI=1S/C22H26F3N3O.ClH/c23-22(24,25)18-5-3-4-16(14-18)8-9-21-26-20(27-29-21)15-17-10-12-28(13-11-17)19-6-1-2-7-19;/h3-5,8-9,14,17,19H,1-2,6-7,10-13,15H2;1H/b9-8+;. The van der Waals surface area contributed by atoms with Crippen LogP contribution in [0.25, 0.3) is 12.2 Å². The van der Waals surface area contributed by atoms with Crippen LogP contribution < -0.4 is 0 Å². The van der Waals surface area contributed by atoms with Crippen molar-refractivity contribution in [2.45, 2.75) is 57.2 Å². The molecule has 8 heteroatoms. The Kier molecular flexibility index (Phi) is 7.58. The largest absolute Gasteiger partial charge is 0.416 e. The van der Waals surface area contributed by atoms with Gasteiger partial charge in [-0.2, -0.15) is 18.2 Å². The van der Waals surface area contributed by atoms with Gasteiger partial charge in [-0.3, -0.25) is 0 Å². The topological polar surface area (TPSA) is 42.2 Å². The fourth-order valence-corrected chi connectivity index (χ4v) is 4.45. The van der Waals surface area contributed by atoms with Gasteiger partial charge in [0.25, 0.3) is 5.89 Å². The highest BCUT2D eigenvalue weighted by atomic mass is 35.5. The second-order valence-corrected chi connectivity index (χ2v) is 8.13. The van der Waals surface area contributed by atoms with Gasteiger partial charge in [-0.05, 0) is 68.5 Å². The van der Waals surface area contributed by atoms with Crippen LogP contribution >= 0.6 is 12.4 Å². The average molecular weight is 442 g/mol. The lowest BCUT2D eigenvalue weighted by molar-refractivity contribution is -0.137. The molecule has 2 heterocycles. The molecule has 0 unspecified atom stereocenters. The first-order valence-corrected chi connectivity index (χ1v) is 10.4. The zero-order valence-corrected chi connectivity index (χ0v) is 17.6. The van der Waals surface area contributed by atoms with E-state index in [4.69, 9.17) is 4.52 Å². The monoisotopic (exact) mass is 441 g/mol. The number of likely N-dealkylation sites (tertiary alicyclic amines) is 1. The Bertz CT molecular complexity index is 838. The molecule has 1 aromatic carbocycles. The predicted molar refractivity (Wildman–Crippen MR) is 112 cm³/mol. The molecular weight excluding hydrogens is 415 g/mol.